The van der Waals surface area contributed by atoms with Gasteiger partial charge in [0.05, 0.1) is 8.45 Å². The van der Waals surface area contributed by atoms with E-state index in [0.717, 1.165) is 31.7 Å². The average molecular weight is 425 g/mol. The van der Waals surface area contributed by atoms with Crippen molar-refractivity contribution in [3.05, 3.63) is 56.3 Å². The number of nitrogens with one attached hydrogen (secondary N) is 1. The summed E-state index contributed by atoms with van der Waals surface area (Å²) < 4.78 is 1.00. The van der Waals surface area contributed by atoms with Gasteiger partial charge in [-0.15, -0.1) is 11.3 Å². The van der Waals surface area contributed by atoms with E-state index in [1.54, 1.807) is 11.3 Å². The van der Waals surface area contributed by atoms with Crippen molar-refractivity contribution in [2.75, 3.05) is 5.32 Å². The van der Waals surface area contributed by atoms with Crippen molar-refractivity contribution in [3.63, 3.8) is 0 Å². The topological polar surface area (TPSA) is 29.1 Å². The van der Waals surface area contributed by atoms with Gasteiger partial charge in [0, 0.05) is 11.3 Å². The highest BCUT2D eigenvalue weighted by Gasteiger charge is 2.17. The Morgan fingerprint density at radius 3 is 2.50 bits per heavy atom. The first-order chi connectivity index (χ1) is 10.3. The lowest BCUT2D eigenvalue weighted by molar-refractivity contribution is 0.102. The molecular weight excluding hydrogens is 405 g/mol. The molecule has 0 saturated heterocycles. The molecule has 0 aliphatic carbocycles. The minimum Gasteiger partial charge on any atom is -0.321 e. The zero-order valence-electron chi connectivity index (χ0n) is 13.1. The standard InChI is InChI=1S/C18H20INOS/c1-12(11-18(2,3)4)13-7-5-6-8-15(13)20-17(21)14-9-10-22-16(14)19/h5-10H,1,11H2,2-4H3,(H,20,21). The van der Waals surface area contributed by atoms with Crippen LogP contribution >= 0.6 is 33.9 Å². The predicted octanol–water partition coefficient (Wildman–Crippen LogP) is 6.05. The monoisotopic (exact) mass is 425 g/mol. The second-order valence-electron chi connectivity index (χ2n) is 6.45. The van der Waals surface area contributed by atoms with Crippen LogP contribution in [0.4, 0.5) is 5.69 Å². The second kappa shape index (κ2) is 6.96. The molecule has 0 aliphatic heterocycles. The molecule has 0 saturated carbocycles. The maximum Gasteiger partial charge on any atom is 0.257 e. The maximum absolute atomic E-state index is 12.4. The van der Waals surface area contributed by atoms with Crippen molar-refractivity contribution in [3.8, 4) is 0 Å². The number of carbonyl (C=O) groups is 1. The largest absolute Gasteiger partial charge is 0.321 e. The predicted molar refractivity (Wildman–Crippen MR) is 105 cm³/mol. The number of anilines is 1. The normalized spacial score (nSPS) is 11.3. The van der Waals surface area contributed by atoms with Crippen molar-refractivity contribution < 1.29 is 4.79 Å². The number of hydrogen-bond donors (Lipinski definition) is 1. The van der Waals surface area contributed by atoms with E-state index < -0.39 is 0 Å². The van der Waals surface area contributed by atoms with Crippen molar-refractivity contribution in [1.82, 2.24) is 0 Å². The van der Waals surface area contributed by atoms with Crippen molar-refractivity contribution >= 4 is 51.1 Å². The fourth-order valence-corrected chi connectivity index (χ4v) is 3.76. The van der Waals surface area contributed by atoms with Crippen LogP contribution in [0.1, 0.15) is 43.1 Å². The van der Waals surface area contributed by atoms with Crippen LogP contribution in [0.2, 0.25) is 0 Å². The van der Waals surface area contributed by atoms with Crippen LogP contribution in [0.5, 0.6) is 0 Å². The number of benzene rings is 1. The molecule has 2 nitrogen and oxygen atoms in total. The Morgan fingerprint density at radius 1 is 1.23 bits per heavy atom. The SMILES string of the molecule is C=C(CC(C)(C)C)c1ccccc1NC(=O)c1ccsc1I. The van der Waals surface area contributed by atoms with Crippen molar-refractivity contribution in [1.29, 1.82) is 0 Å². The van der Waals surface area contributed by atoms with Crippen LogP contribution in [0, 0.1) is 8.30 Å². The summed E-state index contributed by atoms with van der Waals surface area (Å²) in [6.07, 6.45) is 0.885. The van der Waals surface area contributed by atoms with Gasteiger partial charge in [0.15, 0.2) is 0 Å². The summed E-state index contributed by atoms with van der Waals surface area (Å²) in [7, 11) is 0. The zero-order valence-corrected chi connectivity index (χ0v) is 16.0. The Balaban J connectivity index is 2.24. The fraction of sp³-hybridized carbons (Fsp3) is 0.278. The summed E-state index contributed by atoms with van der Waals surface area (Å²) in [6, 6.07) is 9.71. The molecular formula is C18H20INOS. The second-order valence-corrected chi connectivity index (χ2v) is 9.18. The van der Waals surface area contributed by atoms with E-state index in [4.69, 9.17) is 0 Å². The number of rotatable bonds is 4. The number of allylic oxidation sites excluding steroid dienone is 1. The van der Waals surface area contributed by atoms with E-state index in [1.165, 1.54) is 0 Å². The maximum atomic E-state index is 12.4. The third-order valence-corrected chi connectivity index (χ3v) is 5.21. The Hall–Kier alpha value is -1.14. The van der Waals surface area contributed by atoms with Gasteiger partial charge in [-0.3, -0.25) is 4.79 Å². The number of hydrogen-bond acceptors (Lipinski definition) is 2. The van der Waals surface area contributed by atoms with Gasteiger partial charge in [-0.2, -0.15) is 0 Å². The van der Waals surface area contributed by atoms with E-state index in [2.05, 4.69) is 55.3 Å². The number of halogens is 1. The summed E-state index contributed by atoms with van der Waals surface area (Å²) >= 11 is 3.76. The van der Waals surface area contributed by atoms with E-state index >= 15 is 0 Å². The van der Waals surface area contributed by atoms with Crippen LogP contribution in [0.15, 0.2) is 42.3 Å². The lowest BCUT2D eigenvalue weighted by Crippen LogP contribution is -2.14. The van der Waals surface area contributed by atoms with Crippen molar-refractivity contribution in [2.24, 2.45) is 5.41 Å². The van der Waals surface area contributed by atoms with Gasteiger partial charge in [0.2, 0.25) is 0 Å². The van der Waals surface area contributed by atoms with Gasteiger partial charge in [0.1, 0.15) is 0 Å². The smallest absolute Gasteiger partial charge is 0.257 e. The Morgan fingerprint density at radius 2 is 1.91 bits per heavy atom. The first kappa shape index (κ1) is 17.2. The molecule has 1 amide bonds. The Labute approximate surface area is 149 Å². The summed E-state index contributed by atoms with van der Waals surface area (Å²) in [5, 5.41) is 4.95. The molecule has 0 aliphatic rings. The van der Waals surface area contributed by atoms with Crippen molar-refractivity contribution in [2.45, 2.75) is 27.2 Å². The summed E-state index contributed by atoms with van der Waals surface area (Å²) in [6.45, 7) is 10.8. The van der Waals surface area contributed by atoms with Crippen LogP contribution in [0.3, 0.4) is 0 Å². The Bertz CT molecular complexity index is 697. The first-order valence-electron chi connectivity index (χ1n) is 7.09. The van der Waals surface area contributed by atoms with E-state index in [1.807, 2.05) is 35.7 Å². The molecule has 0 radical (unpaired) electrons. The lowest BCUT2D eigenvalue weighted by Gasteiger charge is -2.21. The highest BCUT2D eigenvalue weighted by Crippen LogP contribution is 2.33. The zero-order chi connectivity index (χ0) is 16.3. The molecule has 1 aromatic carbocycles. The van der Waals surface area contributed by atoms with E-state index in [9.17, 15) is 4.79 Å². The molecule has 1 N–H and O–H groups in total. The molecule has 0 bridgehead atoms. The first-order valence-corrected chi connectivity index (χ1v) is 9.05. The highest BCUT2D eigenvalue weighted by atomic mass is 127. The molecule has 0 fully saturated rings. The highest BCUT2D eigenvalue weighted by molar-refractivity contribution is 14.1. The third kappa shape index (κ3) is 4.43. The number of amides is 1. The van der Waals surface area contributed by atoms with Crippen LogP contribution in [-0.4, -0.2) is 5.91 Å². The average Bonchev–Trinajstić information content (AvgIpc) is 2.83. The summed E-state index contributed by atoms with van der Waals surface area (Å²) in [5.74, 6) is -0.0679. The lowest BCUT2D eigenvalue weighted by atomic mass is 9.85. The van der Waals surface area contributed by atoms with Crippen LogP contribution in [0.25, 0.3) is 5.57 Å². The molecule has 22 heavy (non-hydrogen) atoms. The molecule has 4 heteroatoms. The molecule has 1 heterocycles. The molecule has 2 rings (SSSR count). The van der Waals surface area contributed by atoms with Crippen LogP contribution < -0.4 is 5.32 Å². The Kier molecular flexibility index (Phi) is 5.45. The summed E-state index contributed by atoms with van der Waals surface area (Å²) in [5.41, 5.74) is 3.77. The number of carbonyl (C=O) groups excluding carboxylic acids is 1. The third-order valence-electron chi connectivity index (χ3n) is 3.16. The molecule has 116 valence electrons. The van der Waals surface area contributed by atoms with Gasteiger partial charge in [-0.05, 0) is 57.5 Å². The van der Waals surface area contributed by atoms with E-state index in [0.29, 0.717) is 0 Å². The fourth-order valence-electron chi connectivity index (χ4n) is 2.28. The van der Waals surface area contributed by atoms with Gasteiger partial charge in [-0.25, -0.2) is 0 Å². The summed E-state index contributed by atoms with van der Waals surface area (Å²) in [4.78, 5) is 12.4. The molecule has 1 aromatic heterocycles. The molecule has 0 spiro atoms. The van der Waals surface area contributed by atoms with Gasteiger partial charge < -0.3 is 5.32 Å². The minimum absolute atomic E-state index is 0.0679. The van der Waals surface area contributed by atoms with Gasteiger partial charge >= 0.3 is 0 Å². The van der Waals surface area contributed by atoms with Gasteiger partial charge in [-0.1, -0.05) is 45.5 Å². The van der Waals surface area contributed by atoms with Crippen LogP contribution in [-0.2, 0) is 0 Å². The molecule has 0 unspecified atom stereocenters. The number of para-hydroxylation sites is 1. The minimum atomic E-state index is -0.0679. The van der Waals surface area contributed by atoms with E-state index in [-0.39, 0.29) is 11.3 Å². The molecule has 2 aromatic rings. The molecule has 0 atom stereocenters. The quantitative estimate of drug-likeness (QED) is 0.594. The van der Waals surface area contributed by atoms with Gasteiger partial charge in [0.25, 0.3) is 5.91 Å². The number of thiophene rings is 1.